The third-order valence-corrected chi connectivity index (χ3v) is 3.67. The normalized spacial score (nSPS) is 15.6. The van der Waals surface area contributed by atoms with E-state index in [0.29, 0.717) is 11.4 Å². The lowest BCUT2D eigenvalue weighted by atomic mass is 10.2. The van der Waals surface area contributed by atoms with Crippen LogP contribution in [0.4, 0.5) is 5.69 Å². The number of amides is 1. The zero-order valence-corrected chi connectivity index (χ0v) is 12.8. The van der Waals surface area contributed by atoms with E-state index in [2.05, 4.69) is 10.2 Å². The highest BCUT2D eigenvalue weighted by molar-refractivity contribution is 6.07. The van der Waals surface area contributed by atoms with Crippen molar-refractivity contribution in [1.82, 2.24) is 4.90 Å². The Hall–Kier alpha value is -2.48. The highest BCUT2D eigenvalue weighted by atomic mass is 16.5. The molecule has 0 unspecified atom stereocenters. The molecule has 1 aromatic rings. The number of nitrogens with zero attached hydrogens (tertiary/aromatic N) is 2. The Kier molecular flexibility index (Phi) is 5.84. The molecule has 0 radical (unpaired) electrons. The third kappa shape index (κ3) is 4.26. The zero-order chi connectivity index (χ0) is 15.8. The van der Waals surface area contributed by atoms with Crippen LogP contribution in [0, 0.1) is 11.3 Å². The molecule has 1 N–H and O–H groups in total. The van der Waals surface area contributed by atoms with Crippen molar-refractivity contribution in [1.29, 1.82) is 5.26 Å². The zero-order valence-electron chi connectivity index (χ0n) is 12.8. The number of ether oxygens (including phenoxy) is 1. The lowest BCUT2D eigenvalue weighted by molar-refractivity contribution is -0.112. The minimum absolute atomic E-state index is 0.118. The van der Waals surface area contributed by atoms with Gasteiger partial charge in [-0.3, -0.25) is 4.79 Å². The third-order valence-electron chi connectivity index (χ3n) is 3.67. The summed E-state index contributed by atoms with van der Waals surface area (Å²) in [5, 5.41) is 12.0. The number of hydrogen-bond donors (Lipinski definition) is 1. The first-order chi connectivity index (χ1) is 10.7. The molecule has 0 aliphatic carbocycles. The average Bonchev–Trinajstić information content (AvgIpc) is 2.81. The summed E-state index contributed by atoms with van der Waals surface area (Å²) in [5.74, 6) is 0.166. The van der Waals surface area contributed by atoms with Crippen molar-refractivity contribution >= 4 is 11.6 Å². The van der Waals surface area contributed by atoms with Gasteiger partial charge in [0.2, 0.25) is 0 Å². The van der Waals surface area contributed by atoms with Crippen LogP contribution >= 0.6 is 0 Å². The number of nitrogens with one attached hydrogen (secondary N) is 1. The van der Waals surface area contributed by atoms with E-state index in [1.165, 1.54) is 12.8 Å². The smallest absolute Gasteiger partial charge is 0.267 e. The second-order valence-electron chi connectivity index (χ2n) is 5.26. The van der Waals surface area contributed by atoms with Gasteiger partial charge in [-0.25, -0.2) is 0 Å². The molecular formula is C17H21N3O2. The Morgan fingerprint density at radius 3 is 2.59 bits per heavy atom. The van der Waals surface area contributed by atoms with Gasteiger partial charge in [0, 0.05) is 19.3 Å². The number of rotatable bonds is 4. The fourth-order valence-corrected chi connectivity index (χ4v) is 2.48. The lowest BCUT2D eigenvalue weighted by Crippen LogP contribution is -2.22. The maximum Gasteiger partial charge on any atom is 0.267 e. The van der Waals surface area contributed by atoms with Crippen molar-refractivity contribution in [3.63, 3.8) is 0 Å². The van der Waals surface area contributed by atoms with Crippen LogP contribution in [0.25, 0.3) is 0 Å². The highest BCUT2D eigenvalue weighted by Crippen LogP contribution is 2.23. The molecule has 0 spiro atoms. The van der Waals surface area contributed by atoms with Crippen LogP contribution < -0.4 is 10.1 Å². The molecule has 0 aromatic heterocycles. The van der Waals surface area contributed by atoms with Gasteiger partial charge in [-0.2, -0.15) is 5.26 Å². The predicted molar refractivity (Wildman–Crippen MR) is 85.4 cm³/mol. The number of nitriles is 1. The van der Waals surface area contributed by atoms with Crippen LogP contribution in [0.2, 0.25) is 0 Å². The first-order valence-corrected chi connectivity index (χ1v) is 7.55. The highest BCUT2D eigenvalue weighted by Gasteiger charge is 2.14. The maximum absolute atomic E-state index is 12.3. The minimum Gasteiger partial charge on any atom is -0.495 e. The number of hydrogen-bond acceptors (Lipinski definition) is 4. The number of benzene rings is 1. The summed E-state index contributed by atoms with van der Waals surface area (Å²) in [5.41, 5.74) is 0.680. The first kappa shape index (κ1) is 15.9. The van der Waals surface area contributed by atoms with Crippen molar-refractivity contribution < 1.29 is 9.53 Å². The fraction of sp³-hybridized carbons (Fsp3) is 0.412. The summed E-state index contributed by atoms with van der Waals surface area (Å²) >= 11 is 0. The Morgan fingerprint density at radius 2 is 1.95 bits per heavy atom. The first-order valence-electron chi connectivity index (χ1n) is 7.55. The summed E-state index contributed by atoms with van der Waals surface area (Å²) in [7, 11) is 1.54. The molecule has 0 bridgehead atoms. The Labute approximate surface area is 131 Å². The van der Waals surface area contributed by atoms with Gasteiger partial charge in [0.15, 0.2) is 0 Å². The van der Waals surface area contributed by atoms with Crippen molar-refractivity contribution in [2.45, 2.75) is 25.7 Å². The van der Waals surface area contributed by atoms with Gasteiger partial charge >= 0.3 is 0 Å². The van der Waals surface area contributed by atoms with Gasteiger partial charge in [0.1, 0.15) is 17.4 Å². The maximum atomic E-state index is 12.3. The van der Waals surface area contributed by atoms with E-state index in [4.69, 9.17) is 4.74 Å². The molecule has 0 saturated carbocycles. The average molecular weight is 299 g/mol. The van der Waals surface area contributed by atoms with E-state index in [0.717, 1.165) is 25.9 Å². The van der Waals surface area contributed by atoms with Crippen molar-refractivity contribution in [3.05, 3.63) is 36.0 Å². The molecule has 1 aromatic carbocycles. The van der Waals surface area contributed by atoms with Gasteiger partial charge in [0.25, 0.3) is 5.91 Å². The van der Waals surface area contributed by atoms with Gasteiger partial charge in [0.05, 0.1) is 12.8 Å². The Bertz CT molecular complexity index is 582. The minimum atomic E-state index is -0.406. The quantitative estimate of drug-likeness (QED) is 0.686. The van der Waals surface area contributed by atoms with Gasteiger partial charge in [-0.15, -0.1) is 0 Å². The van der Waals surface area contributed by atoms with Crippen LogP contribution in [0.3, 0.4) is 0 Å². The van der Waals surface area contributed by atoms with Gasteiger partial charge < -0.3 is 15.0 Å². The van der Waals surface area contributed by atoms with Crippen LogP contribution in [0.15, 0.2) is 36.0 Å². The van der Waals surface area contributed by atoms with E-state index in [9.17, 15) is 10.1 Å². The Morgan fingerprint density at radius 1 is 1.27 bits per heavy atom. The molecule has 2 rings (SSSR count). The molecule has 0 atom stereocenters. The van der Waals surface area contributed by atoms with Crippen molar-refractivity contribution in [3.8, 4) is 11.8 Å². The number of anilines is 1. The summed E-state index contributed by atoms with van der Waals surface area (Å²) in [4.78, 5) is 14.4. The summed E-state index contributed by atoms with van der Waals surface area (Å²) in [6.45, 7) is 1.79. The molecule has 5 nitrogen and oxygen atoms in total. The summed E-state index contributed by atoms with van der Waals surface area (Å²) in [6, 6.07) is 9.14. The number of carbonyl (C=O) groups excluding carboxylic acids is 1. The molecule has 5 heteroatoms. The number of likely N-dealkylation sites (tertiary alicyclic amines) is 1. The molecule has 1 aliphatic heterocycles. The van der Waals surface area contributed by atoms with E-state index in [-0.39, 0.29) is 5.57 Å². The van der Waals surface area contributed by atoms with Crippen LogP contribution in [0.5, 0.6) is 5.75 Å². The Balaban J connectivity index is 2.10. The molecule has 116 valence electrons. The summed E-state index contributed by atoms with van der Waals surface area (Å²) in [6.07, 6.45) is 6.29. The van der Waals surface area contributed by atoms with E-state index < -0.39 is 5.91 Å². The van der Waals surface area contributed by atoms with E-state index in [1.54, 1.807) is 25.4 Å². The topological polar surface area (TPSA) is 65.4 Å². The standard InChI is InChI=1S/C17H21N3O2/c1-22-16-9-5-4-8-15(16)19-17(21)14(12-18)13-20-10-6-2-3-7-11-20/h4-5,8-9,13H,2-3,6-7,10-11H2,1H3,(H,19,21)/b14-13-. The van der Waals surface area contributed by atoms with E-state index >= 15 is 0 Å². The molecule has 1 aliphatic rings. The van der Waals surface area contributed by atoms with Crippen LogP contribution in [-0.2, 0) is 4.79 Å². The molecule has 22 heavy (non-hydrogen) atoms. The molecule has 1 amide bonds. The lowest BCUT2D eigenvalue weighted by Gasteiger charge is -2.18. The number of methoxy groups -OCH3 is 1. The van der Waals surface area contributed by atoms with Crippen molar-refractivity contribution in [2.24, 2.45) is 0 Å². The molecule has 1 fully saturated rings. The fourth-order valence-electron chi connectivity index (χ4n) is 2.48. The second-order valence-corrected chi connectivity index (χ2v) is 5.26. The second kappa shape index (κ2) is 8.08. The molecule has 1 saturated heterocycles. The predicted octanol–water partition coefficient (Wildman–Crippen LogP) is 2.92. The largest absolute Gasteiger partial charge is 0.495 e. The monoisotopic (exact) mass is 299 g/mol. The van der Waals surface area contributed by atoms with Gasteiger partial charge in [-0.05, 0) is 25.0 Å². The van der Waals surface area contributed by atoms with Crippen molar-refractivity contribution in [2.75, 3.05) is 25.5 Å². The van der Waals surface area contributed by atoms with Gasteiger partial charge in [-0.1, -0.05) is 25.0 Å². The molecular weight excluding hydrogens is 278 g/mol. The van der Waals surface area contributed by atoms with Crippen LogP contribution in [-0.4, -0.2) is 31.0 Å². The molecule has 1 heterocycles. The summed E-state index contributed by atoms with van der Waals surface area (Å²) < 4.78 is 5.20. The SMILES string of the molecule is COc1ccccc1NC(=O)/C(C#N)=C\N1CCCCCC1. The van der Waals surface area contributed by atoms with Crippen LogP contribution in [0.1, 0.15) is 25.7 Å². The number of carbonyl (C=O) groups is 1. The van der Waals surface area contributed by atoms with E-state index in [1.807, 2.05) is 18.2 Å². The number of para-hydroxylation sites is 2.